The highest BCUT2D eigenvalue weighted by Gasteiger charge is 2.52. The molecule has 0 aliphatic carbocycles. The van der Waals surface area contributed by atoms with Crippen LogP contribution in [0.2, 0.25) is 0 Å². The highest BCUT2D eigenvalue weighted by Crippen LogP contribution is 2.39. The molecule has 0 radical (unpaired) electrons. The Hall–Kier alpha value is -1.30. The fraction of sp³-hybridized carbons (Fsp3) is 0.667. The maximum atomic E-state index is 13.8. The zero-order valence-corrected chi connectivity index (χ0v) is 18.0. The van der Waals surface area contributed by atoms with Crippen LogP contribution >= 0.6 is 0 Å². The van der Waals surface area contributed by atoms with Gasteiger partial charge in [-0.1, -0.05) is 6.07 Å². The molecule has 2 aliphatic rings. The number of sulfonamides is 1. The van der Waals surface area contributed by atoms with E-state index in [1.165, 1.54) is 10.4 Å². The summed E-state index contributed by atoms with van der Waals surface area (Å²) in [4.78, 5) is 1.57. The van der Waals surface area contributed by atoms with E-state index in [1.807, 2.05) is 27.7 Å². The smallest absolute Gasteiger partial charge is 0.399 e. The Kier molecular flexibility index (Phi) is 5.51. The molecule has 0 amide bonds. The number of alkyl halides is 3. The molecule has 2 aliphatic heterocycles. The number of anilines is 1. The summed E-state index contributed by atoms with van der Waals surface area (Å²) < 4.78 is 77.8. The minimum Gasteiger partial charge on any atom is -0.399 e. The second-order valence-corrected chi connectivity index (χ2v) is 10.5. The van der Waals surface area contributed by atoms with E-state index in [2.05, 4.69) is 0 Å². The topological polar surface area (TPSA) is 59.1 Å². The van der Waals surface area contributed by atoms with Crippen LogP contribution in [-0.4, -0.2) is 63.5 Å². The van der Waals surface area contributed by atoms with Crippen molar-refractivity contribution in [3.8, 4) is 0 Å². The second-order valence-electron chi connectivity index (χ2n) is 8.51. The Morgan fingerprint density at radius 2 is 1.52 bits per heavy atom. The van der Waals surface area contributed by atoms with Gasteiger partial charge in [0.25, 0.3) is 0 Å². The summed E-state index contributed by atoms with van der Waals surface area (Å²) in [7, 11) is -4.25. The molecule has 11 heteroatoms. The second kappa shape index (κ2) is 7.14. The first-order valence-corrected chi connectivity index (χ1v) is 11.2. The first-order chi connectivity index (χ1) is 13.1. The first-order valence-electron chi connectivity index (χ1n) is 9.39. The van der Waals surface area contributed by atoms with Crippen LogP contribution in [0.15, 0.2) is 18.2 Å². The summed E-state index contributed by atoms with van der Waals surface area (Å²) >= 11 is 0. The summed E-state index contributed by atoms with van der Waals surface area (Å²) in [6, 6.07) is 4.06. The van der Waals surface area contributed by atoms with Gasteiger partial charge in [0.1, 0.15) is 0 Å². The van der Waals surface area contributed by atoms with Gasteiger partial charge in [-0.05, 0) is 45.3 Å². The van der Waals surface area contributed by atoms with E-state index in [1.54, 1.807) is 11.0 Å². The summed E-state index contributed by atoms with van der Waals surface area (Å²) in [6.45, 7) is 8.03. The average molecular weight is 434 g/mol. The molecule has 0 atom stereocenters. The first kappa shape index (κ1) is 22.4. The summed E-state index contributed by atoms with van der Waals surface area (Å²) in [5.41, 5.74) is -1.76. The van der Waals surface area contributed by atoms with Gasteiger partial charge in [-0.3, -0.25) is 0 Å². The van der Waals surface area contributed by atoms with Crippen LogP contribution < -0.4 is 10.4 Å². The van der Waals surface area contributed by atoms with E-state index in [4.69, 9.17) is 9.31 Å². The van der Waals surface area contributed by atoms with Gasteiger partial charge in [0.05, 0.1) is 23.0 Å². The lowest BCUT2D eigenvalue weighted by Crippen LogP contribution is -2.49. The predicted octanol–water partition coefficient (Wildman–Crippen LogP) is 2.09. The molecule has 29 heavy (non-hydrogen) atoms. The standard InChI is InChI=1S/C18H26BF3N2O4S/c1-16(2)17(3,4)28-19(27-16)13-6-7-15(14(12-13)18(20,21)22)23-8-10-24(11-9-23)29(5,25)26/h6-7,12H,8-11H2,1-5H3. The SMILES string of the molecule is CC1(C)OB(c2ccc(N3CCN(S(C)(=O)=O)CC3)c(C(F)(F)F)c2)OC1(C)C. The van der Waals surface area contributed by atoms with Crippen molar-refractivity contribution in [3.63, 3.8) is 0 Å². The molecule has 0 bridgehead atoms. The van der Waals surface area contributed by atoms with Gasteiger partial charge in [0.2, 0.25) is 10.0 Å². The Bertz CT molecular complexity index is 866. The zero-order chi connectivity index (χ0) is 21.8. The van der Waals surface area contributed by atoms with Gasteiger partial charge in [-0.15, -0.1) is 0 Å². The molecule has 6 nitrogen and oxygen atoms in total. The predicted molar refractivity (Wildman–Crippen MR) is 106 cm³/mol. The lowest BCUT2D eigenvalue weighted by atomic mass is 9.78. The monoisotopic (exact) mass is 434 g/mol. The molecule has 0 unspecified atom stereocenters. The highest BCUT2D eigenvalue weighted by molar-refractivity contribution is 7.88. The van der Waals surface area contributed by atoms with Crippen molar-refractivity contribution in [2.24, 2.45) is 0 Å². The van der Waals surface area contributed by atoms with Gasteiger partial charge in [0, 0.05) is 31.9 Å². The molecule has 2 heterocycles. The fourth-order valence-corrected chi connectivity index (χ4v) is 4.27. The highest BCUT2D eigenvalue weighted by atomic mass is 32.2. The van der Waals surface area contributed by atoms with Crippen LogP contribution in [0.25, 0.3) is 0 Å². The maximum Gasteiger partial charge on any atom is 0.494 e. The molecule has 0 spiro atoms. The van der Waals surface area contributed by atoms with Crippen molar-refractivity contribution >= 4 is 28.3 Å². The van der Waals surface area contributed by atoms with Crippen molar-refractivity contribution < 1.29 is 30.9 Å². The molecule has 0 aromatic heterocycles. The van der Waals surface area contributed by atoms with E-state index < -0.39 is 40.1 Å². The van der Waals surface area contributed by atoms with E-state index in [0.29, 0.717) is 5.46 Å². The van der Waals surface area contributed by atoms with Crippen LogP contribution in [0, 0.1) is 0 Å². The number of halogens is 3. The van der Waals surface area contributed by atoms with E-state index >= 15 is 0 Å². The number of rotatable bonds is 3. The third-order valence-electron chi connectivity index (χ3n) is 5.90. The zero-order valence-electron chi connectivity index (χ0n) is 17.2. The normalized spacial score (nSPS) is 22.9. The van der Waals surface area contributed by atoms with Crippen molar-refractivity contribution in [3.05, 3.63) is 23.8 Å². The quantitative estimate of drug-likeness (QED) is 0.683. The third kappa shape index (κ3) is 4.42. The molecule has 0 N–H and O–H groups in total. The van der Waals surface area contributed by atoms with Crippen LogP contribution in [-0.2, 0) is 25.5 Å². The molecule has 1 aromatic rings. The van der Waals surface area contributed by atoms with E-state index in [0.717, 1.165) is 12.3 Å². The molecule has 2 saturated heterocycles. The lowest BCUT2D eigenvalue weighted by molar-refractivity contribution is -0.137. The average Bonchev–Trinajstić information content (AvgIpc) is 2.81. The number of hydrogen-bond acceptors (Lipinski definition) is 5. The molecule has 3 rings (SSSR count). The van der Waals surface area contributed by atoms with Crippen molar-refractivity contribution in [1.82, 2.24) is 4.31 Å². The molecule has 1 aromatic carbocycles. The van der Waals surface area contributed by atoms with Gasteiger partial charge < -0.3 is 14.2 Å². The molecular weight excluding hydrogens is 408 g/mol. The van der Waals surface area contributed by atoms with E-state index in [-0.39, 0.29) is 31.9 Å². The van der Waals surface area contributed by atoms with Gasteiger partial charge >= 0.3 is 13.3 Å². The summed E-state index contributed by atoms with van der Waals surface area (Å²) in [5, 5.41) is 0. The van der Waals surface area contributed by atoms with Gasteiger partial charge in [-0.25, -0.2) is 8.42 Å². The summed E-state index contributed by atoms with van der Waals surface area (Å²) in [5.74, 6) is 0. The lowest BCUT2D eigenvalue weighted by Gasteiger charge is -2.36. The van der Waals surface area contributed by atoms with Crippen LogP contribution in [0.5, 0.6) is 0 Å². The van der Waals surface area contributed by atoms with Gasteiger partial charge in [0.15, 0.2) is 0 Å². The maximum absolute atomic E-state index is 13.8. The number of nitrogens with zero attached hydrogens (tertiary/aromatic N) is 2. The van der Waals surface area contributed by atoms with Crippen molar-refractivity contribution in [2.45, 2.75) is 45.1 Å². The van der Waals surface area contributed by atoms with Crippen LogP contribution in [0.3, 0.4) is 0 Å². The molecular formula is C18H26BF3N2O4S. The van der Waals surface area contributed by atoms with Crippen molar-refractivity contribution in [1.29, 1.82) is 0 Å². The Labute approximate surface area is 170 Å². The number of hydrogen-bond donors (Lipinski definition) is 0. The van der Waals surface area contributed by atoms with Crippen LogP contribution in [0.1, 0.15) is 33.3 Å². The molecule has 0 saturated carbocycles. The van der Waals surface area contributed by atoms with Gasteiger partial charge in [-0.2, -0.15) is 17.5 Å². The van der Waals surface area contributed by atoms with E-state index in [9.17, 15) is 21.6 Å². The summed E-state index contributed by atoms with van der Waals surface area (Å²) in [6.07, 6.45) is -3.47. The largest absolute Gasteiger partial charge is 0.494 e. The minimum atomic E-state index is -4.57. The van der Waals surface area contributed by atoms with Crippen molar-refractivity contribution in [2.75, 3.05) is 37.3 Å². The minimum absolute atomic E-state index is 0.0333. The Morgan fingerprint density at radius 3 is 1.97 bits per heavy atom. The third-order valence-corrected chi connectivity index (χ3v) is 7.20. The molecule has 2 fully saturated rings. The van der Waals surface area contributed by atoms with Crippen LogP contribution in [0.4, 0.5) is 18.9 Å². The Balaban J connectivity index is 1.89. The fourth-order valence-electron chi connectivity index (χ4n) is 3.44. The number of benzene rings is 1. The molecule has 162 valence electrons. The number of piperazine rings is 1. The Morgan fingerprint density at radius 1 is 1.00 bits per heavy atom.